The number of rotatable bonds is 6. The number of hydrogen-bond acceptors (Lipinski definition) is 6. The predicted octanol–water partition coefficient (Wildman–Crippen LogP) is 3.98. The van der Waals surface area contributed by atoms with Gasteiger partial charge >= 0.3 is 5.97 Å². The van der Waals surface area contributed by atoms with E-state index >= 15 is 0 Å². The van der Waals surface area contributed by atoms with Gasteiger partial charge in [0, 0.05) is 24.4 Å². The fourth-order valence-corrected chi connectivity index (χ4v) is 3.71. The Morgan fingerprint density at radius 3 is 2.31 bits per heavy atom. The first-order chi connectivity index (χ1) is 13.2. The third-order valence-corrected chi connectivity index (χ3v) is 5.18. The molecule has 0 aliphatic carbocycles. The molecule has 6 nitrogen and oxygen atoms in total. The van der Waals surface area contributed by atoms with Crippen LogP contribution in [-0.2, 0) is 25.8 Å². The van der Waals surface area contributed by atoms with Crippen LogP contribution in [-0.4, -0.2) is 36.2 Å². The van der Waals surface area contributed by atoms with Gasteiger partial charge < -0.3 is 4.74 Å². The van der Waals surface area contributed by atoms with Gasteiger partial charge in [-0.25, -0.2) is 27.2 Å². The standard InChI is InChI=1S/C19H21BrF2N2O4S/c1-19(2,3)28-16(25)8-12(5-11-6-13(21)9-14(22)7-11)17-15(20)10-23-18(24-17)29(4,26)27/h6-7,9-10,12H,5,8H2,1-4H3/t12-/m1/s1. The van der Waals surface area contributed by atoms with Crippen LogP contribution in [0.25, 0.3) is 0 Å². The minimum atomic E-state index is -3.70. The van der Waals surface area contributed by atoms with Crippen LogP contribution in [0.3, 0.4) is 0 Å². The second-order valence-corrected chi connectivity index (χ2v) is 10.4. The molecule has 0 saturated heterocycles. The fraction of sp³-hybridized carbons (Fsp3) is 0.421. The van der Waals surface area contributed by atoms with Crippen molar-refractivity contribution in [3.63, 3.8) is 0 Å². The van der Waals surface area contributed by atoms with E-state index < -0.39 is 44.1 Å². The summed E-state index contributed by atoms with van der Waals surface area (Å²) in [5.74, 6) is -2.76. The zero-order valence-electron chi connectivity index (χ0n) is 16.4. The van der Waals surface area contributed by atoms with Crippen molar-refractivity contribution in [1.82, 2.24) is 9.97 Å². The van der Waals surface area contributed by atoms with E-state index in [1.807, 2.05) is 0 Å². The maximum atomic E-state index is 13.6. The lowest BCUT2D eigenvalue weighted by atomic mass is 9.92. The van der Waals surface area contributed by atoms with E-state index in [1.54, 1.807) is 20.8 Å². The van der Waals surface area contributed by atoms with Gasteiger partial charge in [0.05, 0.1) is 16.6 Å². The molecule has 2 rings (SSSR count). The van der Waals surface area contributed by atoms with Gasteiger partial charge in [0.2, 0.25) is 15.0 Å². The molecule has 1 heterocycles. The highest BCUT2D eigenvalue weighted by molar-refractivity contribution is 9.10. The number of carbonyl (C=O) groups excluding carboxylic acids is 1. The van der Waals surface area contributed by atoms with Gasteiger partial charge in [0.1, 0.15) is 17.2 Å². The third kappa shape index (κ3) is 7.11. The van der Waals surface area contributed by atoms with E-state index in [9.17, 15) is 22.0 Å². The van der Waals surface area contributed by atoms with Crippen LogP contribution < -0.4 is 0 Å². The van der Waals surface area contributed by atoms with Crippen molar-refractivity contribution in [1.29, 1.82) is 0 Å². The normalized spacial score (nSPS) is 13.2. The van der Waals surface area contributed by atoms with Gasteiger partial charge in [-0.1, -0.05) is 0 Å². The van der Waals surface area contributed by atoms with Gasteiger partial charge in [-0.3, -0.25) is 4.79 Å². The van der Waals surface area contributed by atoms with Gasteiger partial charge in [-0.2, -0.15) is 0 Å². The number of ether oxygens (including phenoxy) is 1. The first kappa shape index (κ1) is 23.3. The van der Waals surface area contributed by atoms with Crippen molar-refractivity contribution in [2.75, 3.05) is 6.26 Å². The van der Waals surface area contributed by atoms with Gasteiger partial charge in [-0.05, 0) is 60.8 Å². The molecule has 0 amide bonds. The molecule has 29 heavy (non-hydrogen) atoms. The van der Waals surface area contributed by atoms with Crippen LogP contribution in [0.5, 0.6) is 0 Å². The molecule has 2 aromatic rings. The highest BCUT2D eigenvalue weighted by Crippen LogP contribution is 2.31. The fourth-order valence-electron chi connectivity index (χ4n) is 2.69. The summed E-state index contributed by atoms with van der Waals surface area (Å²) >= 11 is 3.27. The second kappa shape index (κ2) is 8.83. The highest BCUT2D eigenvalue weighted by Gasteiger charge is 2.26. The minimum Gasteiger partial charge on any atom is -0.460 e. The zero-order chi connectivity index (χ0) is 22.0. The predicted molar refractivity (Wildman–Crippen MR) is 106 cm³/mol. The molecule has 0 saturated carbocycles. The van der Waals surface area contributed by atoms with Gasteiger partial charge in [0.15, 0.2) is 0 Å². The Morgan fingerprint density at radius 1 is 1.21 bits per heavy atom. The average Bonchev–Trinajstić information content (AvgIpc) is 2.50. The van der Waals surface area contributed by atoms with Crippen LogP contribution in [0.15, 0.2) is 34.0 Å². The second-order valence-electron chi connectivity index (χ2n) is 7.63. The summed E-state index contributed by atoms with van der Waals surface area (Å²) in [6.45, 7) is 5.14. The summed E-state index contributed by atoms with van der Waals surface area (Å²) < 4.78 is 56.6. The maximum absolute atomic E-state index is 13.6. The molecule has 158 valence electrons. The summed E-state index contributed by atoms with van der Waals surface area (Å²) in [5, 5.41) is -0.407. The van der Waals surface area contributed by atoms with Crippen molar-refractivity contribution in [3.05, 3.63) is 51.8 Å². The zero-order valence-corrected chi connectivity index (χ0v) is 18.8. The Kier molecular flexibility index (Phi) is 7.10. The molecule has 0 aliphatic rings. The molecule has 1 aromatic carbocycles. The van der Waals surface area contributed by atoms with Crippen LogP contribution in [0, 0.1) is 11.6 Å². The number of nitrogens with zero attached hydrogens (tertiary/aromatic N) is 2. The third-order valence-electron chi connectivity index (χ3n) is 3.70. The molecule has 10 heteroatoms. The summed E-state index contributed by atoms with van der Waals surface area (Å²) in [5.41, 5.74) is -0.202. The van der Waals surface area contributed by atoms with E-state index in [1.165, 1.54) is 6.20 Å². The van der Waals surface area contributed by atoms with Gasteiger partial charge in [0.25, 0.3) is 0 Å². The van der Waals surface area contributed by atoms with Crippen LogP contribution >= 0.6 is 15.9 Å². The molecular formula is C19H21BrF2N2O4S. The number of hydrogen-bond donors (Lipinski definition) is 0. The molecule has 0 spiro atoms. The smallest absolute Gasteiger partial charge is 0.306 e. The van der Waals surface area contributed by atoms with E-state index in [-0.39, 0.29) is 18.5 Å². The van der Waals surface area contributed by atoms with Crippen molar-refractivity contribution < 1.29 is 26.7 Å². The van der Waals surface area contributed by atoms with Crippen molar-refractivity contribution in [2.45, 2.75) is 50.3 Å². The number of aromatic nitrogens is 2. The molecular weight excluding hydrogens is 470 g/mol. The van der Waals surface area contributed by atoms with Crippen LogP contribution in [0.2, 0.25) is 0 Å². The maximum Gasteiger partial charge on any atom is 0.306 e. The monoisotopic (exact) mass is 490 g/mol. The lowest BCUT2D eigenvalue weighted by molar-refractivity contribution is -0.155. The number of benzene rings is 1. The van der Waals surface area contributed by atoms with Crippen molar-refractivity contribution in [3.8, 4) is 0 Å². The lowest BCUT2D eigenvalue weighted by Gasteiger charge is -2.23. The SMILES string of the molecule is CC(C)(C)OC(=O)C[C@@H](Cc1cc(F)cc(F)c1)c1nc(S(C)(=O)=O)ncc1Br. The van der Waals surface area contributed by atoms with Crippen molar-refractivity contribution in [2.24, 2.45) is 0 Å². The summed E-state index contributed by atoms with van der Waals surface area (Å²) in [6.07, 6.45) is 2.10. The summed E-state index contributed by atoms with van der Waals surface area (Å²) in [6, 6.07) is 3.05. The number of esters is 1. The Labute approximate surface area is 176 Å². The minimum absolute atomic E-state index is 0.0345. The van der Waals surface area contributed by atoms with Gasteiger partial charge in [-0.15, -0.1) is 0 Å². The van der Waals surface area contributed by atoms with Crippen LogP contribution in [0.1, 0.15) is 44.4 Å². The highest BCUT2D eigenvalue weighted by atomic mass is 79.9. The van der Waals surface area contributed by atoms with E-state index in [4.69, 9.17) is 4.74 Å². The van der Waals surface area contributed by atoms with Crippen LogP contribution in [0.4, 0.5) is 8.78 Å². The molecule has 1 atom stereocenters. The largest absolute Gasteiger partial charge is 0.460 e. The Bertz CT molecular complexity index is 1000. The van der Waals surface area contributed by atoms with E-state index in [0.717, 1.165) is 24.5 Å². The molecule has 1 aromatic heterocycles. The summed E-state index contributed by atoms with van der Waals surface area (Å²) in [4.78, 5) is 20.3. The van der Waals surface area contributed by atoms with E-state index in [0.29, 0.717) is 10.0 Å². The van der Waals surface area contributed by atoms with E-state index in [2.05, 4.69) is 25.9 Å². The first-order valence-corrected chi connectivity index (χ1v) is 11.3. The Balaban J connectivity index is 2.47. The Morgan fingerprint density at radius 2 is 1.79 bits per heavy atom. The topological polar surface area (TPSA) is 86.2 Å². The first-order valence-electron chi connectivity index (χ1n) is 8.64. The number of sulfone groups is 1. The molecule has 0 unspecified atom stereocenters. The average molecular weight is 491 g/mol. The summed E-state index contributed by atoms with van der Waals surface area (Å²) in [7, 11) is -3.70. The molecule has 0 N–H and O–H groups in total. The van der Waals surface area contributed by atoms with Crippen molar-refractivity contribution >= 4 is 31.7 Å². The molecule has 0 radical (unpaired) electrons. The lowest BCUT2D eigenvalue weighted by Crippen LogP contribution is -2.25. The molecule has 0 aliphatic heterocycles. The molecule has 0 bridgehead atoms. The molecule has 0 fully saturated rings. The number of carbonyl (C=O) groups is 1. The Hall–Kier alpha value is -1.94. The number of halogens is 3. The quantitative estimate of drug-likeness (QED) is 0.449.